The van der Waals surface area contributed by atoms with Crippen molar-refractivity contribution in [2.24, 2.45) is 5.41 Å². The van der Waals surface area contributed by atoms with Crippen LogP contribution in [-0.2, 0) is 17.9 Å². The summed E-state index contributed by atoms with van der Waals surface area (Å²) in [6, 6.07) is 8.15. The summed E-state index contributed by atoms with van der Waals surface area (Å²) in [5.41, 5.74) is -0.532. The first kappa shape index (κ1) is 15.5. The molecule has 2 aromatic rings. The van der Waals surface area contributed by atoms with Gasteiger partial charge in [0.25, 0.3) is 0 Å². The van der Waals surface area contributed by atoms with Crippen molar-refractivity contribution >= 4 is 40.2 Å². The van der Waals surface area contributed by atoms with Crippen LogP contribution in [0.1, 0.15) is 23.6 Å². The molecule has 20 heavy (non-hydrogen) atoms. The van der Waals surface area contributed by atoms with Crippen LogP contribution in [0.3, 0.4) is 0 Å². The number of hydrogen-bond acceptors (Lipinski definition) is 3. The third kappa shape index (κ3) is 3.84. The second-order valence-corrected chi connectivity index (χ2v) is 7.67. The van der Waals surface area contributed by atoms with Crippen LogP contribution in [0, 0.1) is 5.41 Å². The number of carbonyl (C=O) groups excluding carboxylic acids is 1. The largest absolute Gasteiger partial charge is 0.332 e. The van der Waals surface area contributed by atoms with Crippen molar-refractivity contribution in [1.82, 2.24) is 4.90 Å². The number of amides is 1. The van der Waals surface area contributed by atoms with Gasteiger partial charge >= 0.3 is 0 Å². The van der Waals surface area contributed by atoms with Crippen LogP contribution in [0.25, 0.3) is 0 Å². The molecule has 2 aromatic heterocycles. The monoisotopic (exact) mass is 327 g/mol. The van der Waals surface area contributed by atoms with Crippen molar-refractivity contribution in [3.8, 4) is 0 Å². The van der Waals surface area contributed by atoms with Gasteiger partial charge in [-0.2, -0.15) is 0 Å². The highest BCUT2D eigenvalue weighted by Gasteiger charge is 2.31. The van der Waals surface area contributed by atoms with Gasteiger partial charge in [-0.3, -0.25) is 4.79 Å². The number of carbonyl (C=O) groups is 1. The van der Waals surface area contributed by atoms with E-state index in [4.69, 9.17) is 11.6 Å². The zero-order valence-corrected chi connectivity index (χ0v) is 14.0. The lowest BCUT2D eigenvalue weighted by atomic mass is 9.94. The van der Waals surface area contributed by atoms with Crippen molar-refractivity contribution in [1.29, 1.82) is 0 Å². The van der Waals surface area contributed by atoms with Crippen molar-refractivity contribution in [3.63, 3.8) is 0 Å². The summed E-state index contributed by atoms with van der Waals surface area (Å²) in [6.45, 7) is 5.10. The lowest BCUT2D eigenvalue weighted by molar-refractivity contribution is -0.140. The minimum atomic E-state index is -0.532. The molecular weight excluding hydrogens is 310 g/mol. The smallest absolute Gasteiger partial charge is 0.230 e. The second kappa shape index (κ2) is 6.74. The molecule has 2 nitrogen and oxygen atoms in total. The van der Waals surface area contributed by atoms with Crippen molar-refractivity contribution in [2.75, 3.05) is 5.88 Å². The molecule has 0 aliphatic carbocycles. The predicted molar refractivity (Wildman–Crippen MR) is 87.4 cm³/mol. The molecule has 0 unspecified atom stereocenters. The first-order chi connectivity index (χ1) is 9.53. The molecule has 0 N–H and O–H groups in total. The molecule has 2 rings (SSSR count). The van der Waals surface area contributed by atoms with Gasteiger partial charge in [-0.15, -0.1) is 34.3 Å². The van der Waals surface area contributed by atoms with Crippen LogP contribution in [-0.4, -0.2) is 16.7 Å². The normalized spacial score (nSPS) is 11.6. The van der Waals surface area contributed by atoms with Crippen LogP contribution in [0.2, 0.25) is 0 Å². The highest BCUT2D eigenvalue weighted by Crippen LogP contribution is 2.25. The molecule has 0 saturated carbocycles. The van der Waals surface area contributed by atoms with Gasteiger partial charge in [-0.25, -0.2) is 0 Å². The minimum absolute atomic E-state index is 0.106. The Morgan fingerprint density at radius 2 is 1.65 bits per heavy atom. The van der Waals surface area contributed by atoms with E-state index in [1.807, 2.05) is 41.6 Å². The van der Waals surface area contributed by atoms with Crippen LogP contribution < -0.4 is 0 Å². The average molecular weight is 328 g/mol. The number of thiophene rings is 2. The van der Waals surface area contributed by atoms with Crippen molar-refractivity contribution in [2.45, 2.75) is 26.9 Å². The van der Waals surface area contributed by atoms with Crippen LogP contribution in [0.15, 0.2) is 35.0 Å². The minimum Gasteiger partial charge on any atom is -0.332 e. The van der Waals surface area contributed by atoms with E-state index < -0.39 is 5.41 Å². The molecule has 0 bridgehead atoms. The second-order valence-electron chi connectivity index (χ2n) is 5.34. The average Bonchev–Trinajstić information content (AvgIpc) is 3.10. The standard InChI is InChI=1S/C15H18ClNOS2/c1-15(2,11-16)14(18)17(9-12-5-3-7-19-12)10-13-6-4-8-20-13/h3-8H,9-11H2,1-2H3. The quantitative estimate of drug-likeness (QED) is 0.710. The Morgan fingerprint density at radius 3 is 2.00 bits per heavy atom. The maximum Gasteiger partial charge on any atom is 0.230 e. The van der Waals surface area contributed by atoms with Gasteiger partial charge < -0.3 is 4.90 Å². The zero-order chi connectivity index (χ0) is 14.6. The number of hydrogen-bond donors (Lipinski definition) is 0. The highest BCUT2D eigenvalue weighted by atomic mass is 35.5. The first-order valence-corrected chi connectivity index (χ1v) is 8.72. The van der Waals surface area contributed by atoms with Gasteiger partial charge in [-0.05, 0) is 36.7 Å². The van der Waals surface area contributed by atoms with E-state index in [1.165, 1.54) is 9.75 Å². The van der Waals surface area contributed by atoms with Gasteiger partial charge in [-0.1, -0.05) is 12.1 Å². The molecule has 0 radical (unpaired) electrons. The van der Waals surface area contributed by atoms with E-state index in [-0.39, 0.29) is 5.91 Å². The van der Waals surface area contributed by atoms with Gasteiger partial charge in [0.1, 0.15) is 0 Å². The molecule has 0 aliphatic heterocycles. The lowest BCUT2D eigenvalue weighted by Crippen LogP contribution is -2.40. The fourth-order valence-electron chi connectivity index (χ4n) is 1.87. The summed E-state index contributed by atoms with van der Waals surface area (Å²) in [7, 11) is 0. The maximum absolute atomic E-state index is 12.7. The van der Waals surface area contributed by atoms with Crippen LogP contribution in [0.4, 0.5) is 0 Å². The van der Waals surface area contributed by atoms with Gasteiger partial charge in [0.15, 0.2) is 0 Å². The zero-order valence-electron chi connectivity index (χ0n) is 11.6. The molecule has 0 aromatic carbocycles. The Morgan fingerprint density at radius 1 is 1.15 bits per heavy atom. The van der Waals surface area contributed by atoms with Crippen LogP contribution in [0.5, 0.6) is 0 Å². The molecule has 0 spiro atoms. The van der Waals surface area contributed by atoms with E-state index in [1.54, 1.807) is 22.7 Å². The summed E-state index contributed by atoms with van der Waals surface area (Å²) < 4.78 is 0. The van der Waals surface area contributed by atoms with Gasteiger partial charge in [0, 0.05) is 15.6 Å². The number of nitrogens with zero attached hydrogens (tertiary/aromatic N) is 1. The topological polar surface area (TPSA) is 20.3 Å². The summed E-state index contributed by atoms with van der Waals surface area (Å²) in [5.74, 6) is 0.436. The Bertz CT molecular complexity index is 498. The highest BCUT2D eigenvalue weighted by molar-refractivity contribution is 7.10. The molecular formula is C15H18ClNOS2. The van der Waals surface area contributed by atoms with Crippen molar-refractivity contribution in [3.05, 3.63) is 44.8 Å². The van der Waals surface area contributed by atoms with Crippen molar-refractivity contribution < 1.29 is 4.79 Å². The number of rotatable bonds is 6. The molecule has 0 aliphatic rings. The SMILES string of the molecule is CC(C)(CCl)C(=O)N(Cc1cccs1)Cc1cccs1. The summed E-state index contributed by atoms with van der Waals surface area (Å²) in [4.78, 5) is 17.0. The van der Waals surface area contributed by atoms with Gasteiger partial charge in [0.2, 0.25) is 5.91 Å². The Hall–Kier alpha value is -0.840. The fraction of sp³-hybridized carbons (Fsp3) is 0.400. The Balaban J connectivity index is 2.17. The Labute approximate surface area is 133 Å². The molecule has 0 fully saturated rings. The maximum atomic E-state index is 12.7. The molecule has 0 atom stereocenters. The molecule has 108 valence electrons. The van der Waals surface area contributed by atoms with E-state index >= 15 is 0 Å². The summed E-state index contributed by atoms with van der Waals surface area (Å²) in [6.07, 6.45) is 0. The summed E-state index contributed by atoms with van der Waals surface area (Å²) >= 11 is 9.31. The molecule has 1 amide bonds. The number of alkyl halides is 1. The van der Waals surface area contributed by atoms with E-state index in [0.717, 1.165) is 0 Å². The molecule has 5 heteroatoms. The van der Waals surface area contributed by atoms with Crippen LogP contribution >= 0.6 is 34.3 Å². The molecule has 2 heterocycles. The molecule has 0 saturated heterocycles. The van der Waals surface area contributed by atoms with E-state index in [0.29, 0.717) is 19.0 Å². The lowest BCUT2D eigenvalue weighted by Gasteiger charge is -2.30. The van der Waals surface area contributed by atoms with E-state index in [9.17, 15) is 4.79 Å². The fourth-order valence-corrected chi connectivity index (χ4v) is 3.42. The third-order valence-corrected chi connectivity index (χ3v) is 5.44. The number of halogens is 1. The predicted octanol–water partition coefficient (Wildman–Crippen LogP) is 4.60. The summed E-state index contributed by atoms with van der Waals surface area (Å²) in [5, 5.41) is 4.08. The van der Waals surface area contributed by atoms with Gasteiger partial charge in [0.05, 0.1) is 18.5 Å². The third-order valence-electron chi connectivity index (χ3n) is 3.05. The Kier molecular flexibility index (Phi) is 5.24. The first-order valence-electron chi connectivity index (χ1n) is 6.43. The van der Waals surface area contributed by atoms with E-state index in [2.05, 4.69) is 12.1 Å².